The first-order chi connectivity index (χ1) is 15.6. The highest BCUT2D eigenvalue weighted by Gasteiger charge is 2.16. The van der Waals surface area contributed by atoms with Gasteiger partial charge in [0.05, 0.1) is 19.9 Å². The van der Waals surface area contributed by atoms with Crippen LogP contribution in [0.1, 0.15) is 22.8 Å². The van der Waals surface area contributed by atoms with Gasteiger partial charge in [-0.2, -0.15) is 5.10 Å². The molecular weight excluding hydrogens is 426 g/mol. The Balaban J connectivity index is 1.68. The molecule has 3 aromatic rings. The minimum absolute atomic E-state index is 0.300. The van der Waals surface area contributed by atoms with E-state index in [1.165, 1.54) is 7.11 Å². The third-order valence-electron chi connectivity index (χ3n) is 4.21. The molecule has 7 nitrogen and oxygen atoms in total. The molecule has 0 radical (unpaired) electrons. The Morgan fingerprint density at radius 2 is 1.75 bits per heavy atom. The summed E-state index contributed by atoms with van der Waals surface area (Å²) < 4.78 is 16.4. The predicted molar refractivity (Wildman–Crippen MR) is 129 cm³/mol. The number of hydrogen-bond acceptors (Lipinski definition) is 6. The Morgan fingerprint density at radius 1 is 1.00 bits per heavy atom. The minimum atomic E-state index is -0.538. The monoisotopic (exact) mass is 449 g/mol. The number of anilines is 1. The zero-order valence-corrected chi connectivity index (χ0v) is 18.5. The van der Waals surface area contributed by atoms with Gasteiger partial charge in [0.15, 0.2) is 16.6 Å². The molecule has 0 atom stereocenters. The number of benzene rings is 3. The summed E-state index contributed by atoms with van der Waals surface area (Å²) in [5.41, 5.74) is 4.69. The van der Waals surface area contributed by atoms with Crippen molar-refractivity contribution in [1.29, 1.82) is 0 Å². The molecule has 0 spiro atoms. The number of nitrogens with zero attached hydrogens (tertiary/aromatic N) is 1. The van der Waals surface area contributed by atoms with E-state index in [9.17, 15) is 4.79 Å². The number of hydrazone groups is 1. The van der Waals surface area contributed by atoms with Gasteiger partial charge < -0.3 is 19.5 Å². The Morgan fingerprint density at radius 3 is 2.50 bits per heavy atom. The summed E-state index contributed by atoms with van der Waals surface area (Å²) in [6.45, 7) is 2.25. The fourth-order valence-electron chi connectivity index (χ4n) is 2.77. The number of ether oxygens (including phenoxy) is 3. The van der Waals surface area contributed by atoms with Crippen molar-refractivity contribution in [1.82, 2.24) is 5.43 Å². The van der Waals surface area contributed by atoms with E-state index >= 15 is 0 Å². The molecule has 164 valence electrons. The SMILES string of the molecule is CCOc1cc(C=NNC(=S)Nc2ccccc2)ccc1OC(=O)c1ccccc1OC. The third-order valence-corrected chi connectivity index (χ3v) is 4.40. The first kappa shape index (κ1) is 22.8. The van der Waals surface area contributed by atoms with Crippen LogP contribution in [0.15, 0.2) is 77.9 Å². The molecule has 3 aromatic carbocycles. The molecule has 0 saturated heterocycles. The highest BCUT2D eigenvalue weighted by molar-refractivity contribution is 7.80. The zero-order chi connectivity index (χ0) is 22.8. The summed E-state index contributed by atoms with van der Waals surface area (Å²) in [5, 5.41) is 7.53. The summed E-state index contributed by atoms with van der Waals surface area (Å²) >= 11 is 5.23. The van der Waals surface area contributed by atoms with Gasteiger partial charge in [-0.3, -0.25) is 5.43 Å². The Labute approximate surface area is 192 Å². The molecule has 0 aliphatic carbocycles. The van der Waals surface area contributed by atoms with Crippen LogP contribution in [0, 0.1) is 0 Å². The number of nitrogens with one attached hydrogen (secondary N) is 2. The summed E-state index contributed by atoms with van der Waals surface area (Å²) in [6.07, 6.45) is 1.59. The van der Waals surface area contributed by atoms with Crippen molar-refractivity contribution in [3.8, 4) is 17.2 Å². The summed E-state index contributed by atoms with van der Waals surface area (Å²) in [5.74, 6) is 0.619. The van der Waals surface area contributed by atoms with Crippen molar-refractivity contribution >= 4 is 35.2 Å². The Hall–Kier alpha value is -3.91. The first-order valence-electron chi connectivity index (χ1n) is 9.88. The number of para-hydroxylation sites is 2. The molecule has 0 fully saturated rings. The second kappa shape index (κ2) is 11.5. The van der Waals surface area contributed by atoms with E-state index in [1.54, 1.807) is 48.7 Å². The smallest absolute Gasteiger partial charge is 0.347 e. The first-order valence-corrected chi connectivity index (χ1v) is 10.3. The maximum absolute atomic E-state index is 12.6. The van der Waals surface area contributed by atoms with Gasteiger partial charge >= 0.3 is 5.97 Å². The van der Waals surface area contributed by atoms with E-state index in [-0.39, 0.29) is 0 Å². The Kier molecular flexibility index (Phi) is 8.16. The molecule has 0 amide bonds. The molecule has 0 heterocycles. The second-order valence-electron chi connectivity index (χ2n) is 6.42. The molecule has 0 bridgehead atoms. The lowest BCUT2D eigenvalue weighted by Gasteiger charge is -2.12. The van der Waals surface area contributed by atoms with Gasteiger partial charge in [0, 0.05) is 5.69 Å². The molecule has 8 heteroatoms. The normalized spacial score (nSPS) is 10.4. The van der Waals surface area contributed by atoms with Crippen LogP contribution in [-0.2, 0) is 0 Å². The quantitative estimate of drug-likeness (QED) is 0.171. The summed E-state index contributed by atoms with van der Waals surface area (Å²) in [7, 11) is 1.50. The van der Waals surface area contributed by atoms with Gasteiger partial charge in [-0.15, -0.1) is 0 Å². The van der Waals surface area contributed by atoms with Crippen LogP contribution >= 0.6 is 12.2 Å². The minimum Gasteiger partial charge on any atom is -0.496 e. The number of carbonyl (C=O) groups excluding carboxylic acids is 1. The van der Waals surface area contributed by atoms with Crippen molar-refractivity contribution < 1.29 is 19.0 Å². The van der Waals surface area contributed by atoms with Crippen LogP contribution in [0.5, 0.6) is 17.2 Å². The van der Waals surface area contributed by atoms with Crippen molar-refractivity contribution in [3.63, 3.8) is 0 Å². The van der Waals surface area contributed by atoms with Gasteiger partial charge in [0.1, 0.15) is 11.3 Å². The zero-order valence-electron chi connectivity index (χ0n) is 17.7. The molecule has 32 heavy (non-hydrogen) atoms. The van der Waals surface area contributed by atoms with Crippen LogP contribution < -0.4 is 25.0 Å². The topological polar surface area (TPSA) is 81.2 Å². The van der Waals surface area contributed by atoms with Crippen LogP contribution in [0.3, 0.4) is 0 Å². The fraction of sp³-hybridized carbons (Fsp3) is 0.125. The molecule has 0 unspecified atom stereocenters. The van der Waals surface area contributed by atoms with Gasteiger partial charge in [-0.05, 0) is 67.2 Å². The molecule has 3 rings (SSSR count). The Bertz CT molecular complexity index is 1100. The molecule has 0 aliphatic rings. The molecular formula is C24H23N3O4S. The lowest BCUT2D eigenvalue weighted by Crippen LogP contribution is -2.23. The van der Waals surface area contributed by atoms with Gasteiger partial charge in [0.2, 0.25) is 0 Å². The summed E-state index contributed by atoms with van der Waals surface area (Å²) in [4.78, 5) is 12.6. The van der Waals surface area contributed by atoms with E-state index < -0.39 is 5.97 Å². The van der Waals surface area contributed by atoms with Crippen LogP contribution in [-0.4, -0.2) is 31.0 Å². The van der Waals surface area contributed by atoms with Crippen LogP contribution in [0.25, 0.3) is 0 Å². The number of carbonyl (C=O) groups is 1. The standard InChI is InChI=1S/C24H23N3O4S/c1-3-30-22-15-17(16-25-27-24(32)26-18-9-5-4-6-10-18)13-14-21(22)31-23(28)19-11-7-8-12-20(19)29-2/h4-16H,3H2,1-2H3,(H2,26,27,32). The maximum Gasteiger partial charge on any atom is 0.347 e. The van der Waals surface area contributed by atoms with E-state index in [1.807, 2.05) is 37.3 Å². The van der Waals surface area contributed by atoms with E-state index in [0.29, 0.717) is 34.5 Å². The average molecular weight is 450 g/mol. The third kappa shape index (κ3) is 6.29. The van der Waals surface area contributed by atoms with Gasteiger partial charge in [0.25, 0.3) is 0 Å². The van der Waals surface area contributed by atoms with Gasteiger partial charge in [-0.1, -0.05) is 30.3 Å². The van der Waals surface area contributed by atoms with Crippen molar-refractivity contribution in [3.05, 3.63) is 83.9 Å². The molecule has 0 aliphatic heterocycles. The van der Waals surface area contributed by atoms with E-state index in [0.717, 1.165) is 11.3 Å². The molecule has 0 saturated carbocycles. The number of esters is 1. The number of methoxy groups -OCH3 is 1. The van der Waals surface area contributed by atoms with Crippen molar-refractivity contribution in [2.24, 2.45) is 5.10 Å². The molecule has 2 N–H and O–H groups in total. The summed E-state index contributed by atoms with van der Waals surface area (Å²) in [6, 6.07) is 21.5. The number of thiocarbonyl (C=S) groups is 1. The van der Waals surface area contributed by atoms with Crippen molar-refractivity contribution in [2.45, 2.75) is 6.92 Å². The molecule has 0 aromatic heterocycles. The highest BCUT2D eigenvalue weighted by Crippen LogP contribution is 2.30. The largest absolute Gasteiger partial charge is 0.496 e. The van der Waals surface area contributed by atoms with E-state index in [4.69, 9.17) is 26.4 Å². The highest BCUT2D eigenvalue weighted by atomic mass is 32.1. The predicted octanol–water partition coefficient (Wildman–Crippen LogP) is 4.63. The van der Waals surface area contributed by atoms with E-state index in [2.05, 4.69) is 15.8 Å². The average Bonchev–Trinajstić information content (AvgIpc) is 2.81. The lowest BCUT2D eigenvalue weighted by atomic mass is 10.2. The van der Waals surface area contributed by atoms with Crippen LogP contribution in [0.2, 0.25) is 0 Å². The number of hydrogen-bond donors (Lipinski definition) is 2. The van der Waals surface area contributed by atoms with Crippen LogP contribution in [0.4, 0.5) is 5.69 Å². The lowest BCUT2D eigenvalue weighted by molar-refractivity contribution is 0.0725. The number of rotatable bonds is 8. The second-order valence-corrected chi connectivity index (χ2v) is 6.83. The maximum atomic E-state index is 12.6. The fourth-order valence-corrected chi connectivity index (χ4v) is 2.94. The van der Waals surface area contributed by atoms with Crippen molar-refractivity contribution in [2.75, 3.05) is 19.0 Å². The van der Waals surface area contributed by atoms with Gasteiger partial charge in [-0.25, -0.2) is 4.79 Å².